The van der Waals surface area contributed by atoms with Gasteiger partial charge in [0.15, 0.2) is 0 Å². The van der Waals surface area contributed by atoms with Gasteiger partial charge in [-0.15, -0.1) is 0 Å². The zero-order valence-electron chi connectivity index (χ0n) is 8.66. The van der Waals surface area contributed by atoms with E-state index in [4.69, 9.17) is 11.6 Å². The summed E-state index contributed by atoms with van der Waals surface area (Å²) < 4.78 is 37.9. The van der Waals surface area contributed by atoms with E-state index in [9.17, 15) is 13.2 Å². The second kappa shape index (κ2) is 5.41. The van der Waals surface area contributed by atoms with Gasteiger partial charge < -0.3 is 10.6 Å². The van der Waals surface area contributed by atoms with E-state index in [1.807, 2.05) is 0 Å². The number of hydrogen-bond donors (Lipinski definition) is 2. The Labute approximate surface area is 96.8 Å². The third kappa shape index (κ3) is 3.57. The molecule has 0 aliphatic carbocycles. The van der Waals surface area contributed by atoms with Crippen molar-refractivity contribution in [2.24, 2.45) is 0 Å². The van der Waals surface area contributed by atoms with Gasteiger partial charge in [0, 0.05) is 23.8 Å². The van der Waals surface area contributed by atoms with E-state index in [0.29, 0.717) is 13.1 Å². The van der Waals surface area contributed by atoms with E-state index in [2.05, 4.69) is 10.6 Å². The zero-order valence-corrected chi connectivity index (χ0v) is 9.41. The minimum absolute atomic E-state index is 0.0483. The van der Waals surface area contributed by atoms with Gasteiger partial charge in [-0.05, 0) is 25.2 Å². The molecule has 0 aliphatic rings. The largest absolute Gasteiger partial charge is 0.418 e. The molecule has 6 heteroatoms. The fourth-order valence-electron chi connectivity index (χ4n) is 1.23. The molecular weight excluding hydrogens is 241 g/mol. The van der Waals surface area contributed by atoms with E-state index in [-0.39, 0.29) is 10.7 Å². The molecule has 0 aliphatic heterocycles. The Hall–Kier alpha value is -0.940. The average Bonchev–Trinajstić information content (AvgIpc) is 2.19. The molecule has 0 atom stereocenters. The lowest BCUT2D eigenvalue weighted by Gasteiger charge is -2.14. The van der Waals surface area contributed by atoms with Crippen LogP contribution in [0, 0.1) is 0 Å². The fraction of sp³-hybridized carbons (Fsp3) is 0.400. The molecule has 2 nitrogen and oxygen atoms in total. The first-order chi connectivity index (χ1) is 7.45. The van der Waals surface area contributed by atoms with Gasteiger partial charge in [0.1, 0.15) is 0 Å². The summed E-state index contributed by atoms with van der Waals surface area (Å²) in [4.78, 5) is 0. The monoisotopic (exact) mass is 252 g/mol. The predicted octanol–water partition coefficient (Wildman–Crippen LogP) is 2.99. The van der Waals surface area contributed by atoms with E-state index in [0.717, 1.165) is 6.07 Å². The summed E-state index contributed by atoms with van der Waals surface area (Å²) >= 11 is 5.54. The van der Waals surface area contributed by atoms with Crippen molar-refractivity contribution < 1.29 is 13.2 Å². The minimum atomic E-state index is -4.40. The average molecular weight is 253 g/mol. The van der Waals surface area contributed by atoms with Crippen LogP contribution in [0.2, 0.25) is 5.02 Å². The van der Waals surface area contributed by atoms with Gasteiger partial charge >= 0.3 is 6.18 Å². The first-order valence-corrected chi connectivity index (χ1v) is 5.08. The first-order valence-electron chi connectivity index (χ1n) is 4.70. The number of alkyl halides is 3. The van der Waals surface area contributed by atoms with E-state index < -0.39 is 11.7 Å². The lowest BCUT2D eigenvalue weighted by atomic mass is 10.1. The topological polar surface area (TPSA) is 24.1 Å². The number of halogens is 4. The highest BCUT2D eigenvalue weighted by Crippen LogP contribution is 2.36. The van der Waals surface area contributed by atoms with E-state index >= 15 is 0 Å². The smallest absolute Gasteiger partial charge is 0.383 e. The van der Waals surface area contributed by atoms with Crippen LogP contribution in [0.25, 0.3) is 0 Å². The highest BCUT2D eigenvalue weighted by atomic mass is 35.5. The van der Waals surface area contributed by atoms with Crippen molar-refractivity contribution in [1.29, 1.82) is 0 Å². The van der Waals surface area contributed by atoms with Gasteiger partial charge in [-0.25, -0.2) is 0 Å². The Kier molecular flexibility index (Phi) is 4.44. The Bertz CT molecular complexity index is 352. The van der Waals surface area contributed by atoms with Crippen LogP contribution >= 0.6 is 11.6 Å². The first kappa shape index (κ1) is 13.1. The number of anilines is 1. The number of likely N-dealkylation sites (N-methyl/N-ethyl adjacent to an activating group) is 1. The second-order valence-electron chi connectivity index (χ2n) is 3.22. The number of nitrogens with one attached hydrogen (secondary N) is 2. The minimum Gasteiger partial charge on any atom is -0.383 e. The van der Waals surface area contributed by atoms with Crippen LogP contribution in [0.5, 0.6) is 0 Å². The molecular formula is C10H12ClF3N2. The number of benzene rings is 1. The maximum absolute atomic E-state index is 12.6. The predicted molar refractivity (Wildman–Crippen MR) is 58.9 cm³/mol. The number of rotatable bonds is 4. The summed E-state index contributed by atoms with van der Waals surface area (Å²) in [6.07, 6.45) is -4.40. The Morgan fingerprint density at radius 3 is 2.50 bits per heavy atom. The van der Waals surface area contributed by atoms with Crippen molar-refractivity contribution in [1.82, 2.24) is 5.32 Å². The molecule has 0 heterocycles. The van der Waals surface area contributed by atoms with Crippen LogP contribution in [0.3, 0.4) is 0 Å². The standard InChI is InChI=1S/C10H12ClF3N2/c1-15-4-5-16-9-3-2-7(11)6-8(9)10(12,13)14/h2-3,6,15-16H,4-5H2,1H3. The van der Waals surface area contributed by atoms with Gasteiger partial charge in [0.2, 0.25) is 0 Å². The highest BCUT2D eigenvalue weighted by Gasteiger charge is 2.33. The maximum atomic E-state index is 12.6. The Morgan fingerprint density at radius 1 is 1.25 bits per heavy atom. The van der Waals surface area contributed by atoms with Gasteiger partial charge in [-0.3, -0.25) is 0 Å². The summed E-state index contributed by atoms with van der Waals surface area (Å²) in [5, 5.41) is 5.62. The summed E-state index contributed by atoms with van der Waals surface area (Å²) in [5.41, 5.74) is -0.691. The van der Waals surface area contributed by atoms with Gasteiger partial charge in [-0.2, -0.15) is 13.2 Å². The molecule has 0 spiro atoms. The molecule has 1 aromatic carbocycles. The van der Waals surface area contributed by atoms with Crippen molar-refractivity contribution in [2.75, 3.05) is 25.5 Å². The van der Waals surface area contributed by atoms with Crippen LogP contribution in [-0.2, 0) is 6.18 Å². The third-order valence-corrected chi connectivity index (χ3v) is 2.21. The molecule has 0 amide bonds. The molecule has 1 rings (SSSR count). The van der Waals surface area contributed by atoms with E-state index in [1.165, 1.54) is 12.1 Å². The molecule has 90 valence electrons. The van der Waals surface area contributed by atoms with Gasteiger partial charge in [0.25, 0.3) is 0 Å². The normalized spacial score (nSPS) is 11.6. The lowest BCUT2D eigenvalue weighted by molar-refractivity contribution is -0.136. The van der Waals surface area contributed by atoms with Crippen molar-refractivity contribution >= 4 is 17.3 Å². The fourth-order valence-corrected chi connectivity index (χ4v) is 1.40. The van der Waals surface area contributed by atoms with Gasteiger partial charge in [-0.1, -0.05) is 11.6 Å². The number of hydrogen-bond acceptors (Lipinski definition) is 2. The van der Waals surface area contributed by atoms with Crippen LogP contribution in [0.4, 0.5) is 18.9 Å². The maximum Gasteiger partial charge on any atom is 0.418 e. The molecule has 0 bridgehead atoms. The van der Waals surface area contributed by atoms with Crippen molar-refractivity contribution in [3.05, 3.63) is 28.8 Å². The summed E-state index contributed by atoms with van der Waals surface area (Å²) in [6.45, 7) is 1.00. The summed E-state index contributed by atoms with van der Waals surface area (Å²) in [7, 11) is 1.73. The zero-order chi connectivity index (χ0) is 12.2. The SMILES string of the molecule is CNCCNc1ccc(Cl)cc1C(F)(F)F. The Balaban J connectivity index is 2.90. The van der Waals surface area contributed by atoms with Crippen LogP contribution < -0.4 is 10.6 Å². The van der Waals surface area contributed by atoms with Crippen molar-refractivity contribution in [3.8, 4) is 0 Å². The molecule has 0 saturated heterocycles. The van der Waals surface area contributed by atoms with E-state index in [1.54, 1.807) is 7.05 Å². The molecule has 2 N–H and O–H groups in total. The Morgan fingerprint density at radius 2 is 1.94 bits per heavy atom. The summed E-state index contributed by atoms with van der Waals surface area (Å²) in [5.74, 6) is 0. The lowest BCUT2D eigenvalue weighted by Crippen LogP contribution is -2.19. The van der Waals surface area contributed by atoms with Crippen LogP contribution in [0.1, 0.15) is 5.56 Å². The molecule has 0 aromatic heterocycles. The van der Waals surface area contributed by atoms with Crippen LogP contribution in [-0.4, -0.2) is 20.1 Å². The molecule has 0 radical (unpaired) electrons. The third-order valence-electron chi connectivity index (χ3n) is 1.98. The molecule has 0 unspecified atom stereocenters. The molecule has 0 saturated carbocycles. The van der Waals surface area contributed by atoms with Gasteiger partial charge in [0.05, 0.1) is 5.56 Å². The quantitative estimate of drug-likeness (QED) is 0.805. The second-order valence-corrected chi connectivity index (χ2v) is 3.65. The highest BCUT2D eigenvalue weighted by molar-refractivity contribution is 6.30. The molecule has 1 aromatic rings. The summed E-state index contributed by atoms with van der Waals surface area (Å²) in [6, 6.07) is 3.68. The van der Waals surface area contributed by atoms with Crippen molar-refractivity contribution in [3.63, 3.8) is 0 Å². The molecule has 0 fully saturated rings. The van der Waals surface area contributed by atoms with Crippen molar-refractivity contribution in [2.45, 2.75) is 6.18 Å². The van der Waals surface area contributed by atoms with Crippen LogP contribution in [0.15, 0.2) is 18.2 Å². The molecule has 16 heavy (non-hydrogen) atoms.